The first kappa shape index (κ1) is 19.3. The molecule has 2 heterocycles. The second kappa shape index (κ2) is 8.50. The van der Waals surface area contributed by atoms with Crippen molar-refractivity contribution in [2.75, 3.05) is 32.7 Å². The molecule has 6 nitrogen and oxygen atoms in total. The molecule has 1 unspecified atom stereocenters. The van der Waals surface area contributed by atoms with Crippen molar-refractivity contribution in [3.63, 3.8) is 0 Å². The number of piperidine rings is 2. The normalized spacial score (nSPS) is 22.1. The summed E-state index contributed by atoms with van der Waals surface area (Å²) in [5.41, 5.74) is 1.24. The van der Waals surface area contributed by atoms with Gasteiger partial charge in [0.05, 0.1) is 4.90 Å². The van der Waals surface area contributed by atoms with Crippen LogP contribution in [0.2, 0.25) is 0 Å². The minimum absolute atomic E-state index is 0.191. The summed E-state index contributed by atoms with van der Waals surface area (Å²) in [6.45, 7) is 5.55. The Bertz CT molecular complexity index is 736. The number of benzene rings is 1. The second-order valence-electron chi connectivity index (χ2n) is 7.36. The van der Waals surface area contributed by atoms with Crippen molar-refractivity contribution in [3.8, 4) is 0 Å². The van der Waals surface area contributed by atoms with Gasteiger partial charge in [0.1, 0.15) is 0 Å². The minimum atomic E-state index is -3.53. The smallest absolute Gasteiger partial charge is 0.251 e. The fraction of sp³-hybridized carbons (Fsp3) is 0.632. The summed E-state index contributed by atoms with van der Waals surface area (Å²) < 4.78 is 27.3. The van der Waals surface area contributed by atoms with Gasteiger partial charge in [-0.3, -0.25) is 4.79 Å². The van der Waals surface area contributed by atoms with Crippen molar-refractivity contribution in [1.82, 2.24) is 14.9 Å². The molecule has 2 fully saturated rings. The molecular formula is C19H29N3O3S. The third kappa shape index (κ3) is 4.45. The molecule has 0 aromatic heterocycles. The lowest BCUT2D eigenvalue weighted by molar-refractivity contribution is 0.0944. The number of carbonyl (C=O) groups excluding carboxylic acids is 1. The summed E-state index contributed by atoms with van der Waals surface area (Å²) in [5.74, 6) is 0.247. The van der Waals surface area contributed by atoms with Gasteiger partial charge in [0.15, 0.2) is 0 Å². The van der Waals surface area contributed by atoms with Crippen LogP contribution in [-0.2, 0) is 10.0 Å². The summed E-state index contributed by atoms with van der Waals surface area (Å²) in [7, 11) is -3.53. The van der Waals surface area contributed by atoms with E-state index in [1.165, 1.54) is 10.4 Å². The van der Waals surface area contributed by atoms with E-state index in [-0.39, 0.29) is 10.8 Å². The zero-order chi connectivity index (χ0) is 18.6. The average Bonchev–Trinajstić information content (AvgIpc) is 2.68. The van der Waals surface area contributed by atoms with Crippen molar-refractivity contribution in [3.05, 3.63) is 29.3 Å². The number of sulfonamides is 1. The first-order valence-electron chi connectivity index (χ1n) is 9.58. The Morgan fingerprint density at radius 1 is 1.23 bits per heavy atom. The Labute approximate surface area is 156 Å². The lowest BCUT2D eigenvalue weighted by Crippen LogP contribution is -2.38. The lowest BCUT2D eigenvalue weighted by Gasteiger charge is -2.26. The summed E-state index contributed by atoms with van der Waals surface area (Å²) in [5, 5.41) is 6.32. The van der Waals surface area contributed by atoms with Crippen LogP contribution in [0.1, 0.15) is 48.0 Å². The molecule has 1 aromatic carbocycles. The van der Waals surface area contributed by atoms with E-state index in [2.05, 4.69) is 10.6 Å². The maximum Gasteiger partial charge on any atom is 0.251 e. The standard InChI is InChI=1S/C19H29N3O3S/c1-15-7-8-17(26(24,25)22-10-3-2-4-11-22)12-18(15)19(23)21-14-16-6-5-9-20-13-16/h7-8,12,16,20H,2-6,9-11,13-14H2,1H3,(H,21,23). The number of nitrogens with zero attached hydrogens (tertiary/aromatic N) is 1. The van der Waals surface area contributed by atoms with E-state index in [1.54, 1.807) is 12.1 Å². The van der Waals surface area contributed by atoms with Crippen LogP contribution in [-0.4, -0.2) is 51.4 Å². The van der Waals surface area contributed by atoms with E-state index in [0.717, 1.165) is 50.8 Å². The number of aryl methyl sites for hydroxylation is 1. The summed E-state index contributed by atoms with van der Waals surface area (Å²) in [4.78, 5) is 12.8. The third-order valence-corrected chi connectivity index (χ3v) is 7.25. The van der Waals surface area contributed by atoms with Crippen LogP contribution >= 0.6 is 0 Å². The van der Waals surface area contributed by atoms with E-state index in [1.807, 2.05) is 6.92 Å². The van der Waals surface area contributed by atoms with Crippen molar-refractivity contribution in [2.45, 2.75) is 43.9 Å². The van der Waals surface area contributed by atoms with Crippen LogP contribution in [0.25, 0.3) is 0 Å². The molecule has 144 valence electrons. The van der Waals surface area contributed by atoms with E-state index >= 15 is 0 Å². The van der Waals surface area contributed by atoms with Gasteiger partial charge in [0.2, 0.25) is 10.0 Å². The summed E-state index contributed by atoms with van der Waals surface area (Å²) in [6, 6.07) is 4.88. The molecule has 1 amide bonds. The molecule has 2 aliphatic heterocycles. The number of hydrogen-bond donors (Lipinski definition) is 2. The van der Waals surface area contributed by atoms with E-state index in [0.29, 0.717) is 31.1 Å². The van der Waals surface area contributed by atoms with Crippen LogP contribution < -0.4 is 10.6 Å². The van der Waals surface area contributed by atoms with Gasteiger partial charge in [0, 0.05) is 25.2 Å². The third-order valence-electron chi connectivity index (χ3n) is 5.36. The molecule has 2 aliphatic rings. The zero-order valence-corrected chi connectivity index (χ0v) is 16.3. The SMILES string of the molecule is Cc1ccc(S(=O)(=O)N2CCCCC2)cc1C(=O)NCC1CCCNC1. The molecule has 2 N–H and O–H groups in total. The minimum Gasteiger partial charge on any atom is -0.352 e. The van der Waals surface area contributed by atoms with Gasteiger partial charge in [-0.05, 0) is 69.3 Å². The zero-order valence-electron chi connectivity index (χ0n) is 15.5. The largest absolute Gasteiger partial charge is 0.352 e. The van der Waals surface area contributed by atoms with Gasteiger partial charge >= 0.3 is 0 Å². The monoisotopic (exact) mass is 379 g/mol. The fourth-order valence-electron chi connectivity index (χ4n) is 3.69. The summed E-state index contributed by atoms with van der Waals surface area (Å²) >= 11 is 0. The Balaban J connectivity index is 1.73. The van der Waals surface area contributed by atoms with Gasteiger partial charge in [-0.1, -0.05) is 12.5 Å². The lowest BCUT2D eigenvalue weighted by atomic mass is 9.99. The number of amides is 1. The summed E-state index contributed by atoms with van der Waals surface area (Å²) in [6.07, 6.45) is 5.10. The molecule has 0 aliphatic carbocycles. The molecule has 7 heteroatoms. The fourth-order valence-corrected chi connectivity index (χ4v) is 5.23. The Morgan fingerprint density at radius 2 is 2.00 bits per heavy atom. The first-order chi connectivity index (χ1) is 12.5. The van der Waals surface area contributed by atoms with Crippen molar-refractivity contribution < 1.29 is 13.2 Å². The van der Waals surface area contributed by atoms with Crippen LogP contribution in [0.15, 0.2) is 23.1 Å². The maximum absolute atomic E-state index is 12.9. The van der Waals surface area contributed by atoms with Crippen LogP contribution in [0.5, 0.6) is 0 Å². The number of hydrogen-bond acceptors (Lipinski definition) is 4. The van der Waals surface area contributed by atoms with Gasteiger partial charge in [-0.15, -0.1) is 0 Å². The highest BCUT2D eigenvalue weighted by Gasteiger charge is 2.27. The highest BCUT2D eigenvalue weighted by molar-refractivity contribution is 7.89. The van der Waals surface area contributed by atoms with Crippen molar-refractivity contribution in [1.29, 1.82) is 0 Å². The van der Waals surface area contributed by atoms with E-state index in [9.17, 15) is 13.2 Å². The highest BCUT2D eigenvalue weighted by atomic mass is 32.2. The quantitative estimate of drug-likeness (QED) is 0.819. The first-order valence-corrected chi connectivity index (χ1v) is 11.0. The van der Waals surface area contributed by atoms with Crippen molar-refractivity contribution >= 4 is 15.9 Å². The number of carbonyl (C=O) groups is 1. The molecule has 0 spiro atoms. The average molecular weight is 380 g/mol. The highest BCUT2D eigenvalue weighted by Crippen LogP contribution is 2.23. The molecule has 2 saturated heterocycles. The molecule has 1 atom stereocenters. The van der Waals surface area contributed by atoms with Crippen molar-refractivity contribution in [2.24, 2.45) is 5.92 Å². The topological polar surface area (TPSA) is 78.5 Å². The molecule has 3 rings (SSSR count). The molecule has 1 aromatic rings. The van der Waals surface area contributed by atoms with Gasteiger partial charge in [0.25, 0.3) is 5.91 Å². The predicted molar refractivity (Wildman–Crippen MR) is 102 cm³/mol. The number of rotatable bonds is 5. The van der Waals surface area contributed by atoms with E-state index < -0.39 is 10.0 Å². The molecule has 0 saturated carbocycles. The molecule has 0 bridgehead atoms. The predicted octanol–water partition coefficient (Wildman–Crippen LogP) is 1.90. The van der Waals surface area contributed by atoms with E-state index in [4.69, 9.17) is 0 Å². The Morgan fingerprint density at radius 3 is 2.69 bits per heavy atom. The second-order valence-corrected chi connectivity index (χ2v) is 9.30. The molecule has 0 radical (unpaired) electrons. The van der Waals surface area contributed by atoms with Crippen LogP contribution in [0.3, 0.4) is 0 Å². The van der Waals surface area contributed by atoms with Crippen LogP contribution in [0, 0.1) is 12.8 Å². The molecular weight excluding hydrogens is 350 g/mol. The van der Waals surface area contributed by atoms with Gasteiger partial charge in [-0.2, -0.15) is 4.31 Å². The van der Waals surface area contributed by atoms with Gasteiger partial charge < -0.3 is 10.6 Å². The Hall–Kier alpha value is -1.44. The van der Waals surface area contributed by atoms with Gasteiger partial charge in [-0.25, -0.2) is 8.42 Å². The number of nitrogens with one attached hydrogen (secondary N) is 2. The van der Waals surface area contributed by atoms with Crippen LogP contribution in [0.4, 0.5) is 0 Å². The Kier molecular flexibility index (Phi) is 6.32. The molecule has 26 heavy (non-hydrogen) atoms. The maximum atomic E-state index is 12.9.